The Labute approximate surface area is 112 Å². The molecule has 1 rings (SSSR count). The van der Waals surface area contributed by atoms with Crippen LogP contribution in [0.15, 0.2) is 24.5 Å². The van der Waals surface area contributed by atoms with E-state index in [1.165, 1.54) is 4.90 Å². The predicted molar refractivity (Wildman–Crippen MR) is 69.8 cm³/mol. The third-order valence-electron chi connectivity index (χ3n) is 2.95. The van der Waals surface area contributed by atoms with Crippen LogP contribution in [0.5, 0.6) is 0 Å². The zero-order valence-electron chi connectivity index (χ0n) is 10.9. The highest BCUT2D eigenvalue weighted by molar-refractivity contribution is 5.65. The topological polar surface area (TPSA) is 93.9 Å². The van der Waals surface area contributed by atoms with Gasteiger partial charge in [0.25, 0.3) is 0 Å². The standard InChI is InChI=1S/C13H20N2O4/c1-10(17)12(9-11-3-5-14-6-4-11)15(13(18)19)7-2-8-16/h3-6,10,12,16-17H,2,7-9H2,1H3,(H,18,19)/t10?,12-/m1/s1. The van der Waals surface area contributed by atoms with Gasteiger partial charge in [0.05, 0.1) is 12.1 Å². The zero-order chi connectivity index (χ0) is 14.3. The second-order valence-electron chi connectivity index (χ2n) is 4.42. The van der Waals surface area contributed by atoms with Crippen molar-refractivity contribution >= 4 is 6.09 Å². The van der Waals surface area contributed by atoms with Crippen molar-refractivity contribution in [2.24, 2.45) is 0 Å². The Morgan fingerprint density at radius 2 is 2.05 bits per heavy atom. The smallest absolute Gasteiger partial charge is 0.407 e. The number of carboxylic acid groups (broad SMARTS) is 1. The molecule has 0 aliphatic carbocycles. The third-order valence-corrected chi connectivity index (χ3v) is 2.95. The number of aliphatic hydroxyl groups excluding tert-OH is 2. The SMILES string of the molecule is CC(O)[C@@H](Cc1ccncc1)N(CCCO)C(=O)O. The number of aromatic nitrogens is 1. The number of carbonyl (C=O) groups is 1. The van der Waals surface area contributed by atoms with Gasteiger partial charge in [-0.15, -0.1) is 0 Å². The van der Waals surface area contributed by atoms with E-state index in [1.54, 1.807) is 31.5 Å². The maximum absolute atomic E-state index is 11.3. The fourth-order valence-electron chi connectivity index (χ4n) is 1.95. The van der Waals surface area contributed by atoms with E-state index in [1.807, 2.05) is 0 Å². The zero-order valence-corrected chi connectivity index (χ0v) is 10.9. The second kappa shape index (κ2) is 7.70. The summed E-state index contributed by atoms with van der Waals surface area (Å²) in [5.74, 6) is 0. The number of amides is 1. The Kier molecular flexibility index (Phi) is 6.24. The lowest BCUT2D eigenvalue weighted by atomic mass is 10.0. The van der Waals surface area contributed by atoms with Crippen LogP contribution in [0.2, 0.25) is 0 Å². The molecule has 0 aromatic carbocycles. The molecule has 1 aromatic rings. The van der Waals surface area contributed by atoms with Gasteiger partial charge in [0, 0.05) is 25.5 Å². The lowest BCUT2D eigenvalue weighted by Crippen LogP contribution is -2.47. The van der Waals surface area contributed by atoms with Crippen LogP contribution >= 0.6 is 0 Å². The molecular formula is C13H20N2O4. The Hall–Kier alpha value is -1.66. The van der Waals surface area contributed by atoms with E-state index < -0.39 is 18.2 Å². The summed E-state index contributed by atoms with van der Waals surface area (Å²) in [5.41, 5.74) is 0.913. The van der Waals surface area contributed by atoms with E-state index in [9.17, 15) is 15.0 Å². The molecule has 1 heterocycles. The van der Waals surface area contributed by atoms with Gasteiger partial charge in [0.2, 0.25) is 0 Å². The van der Waals surface area contributed by atoms with Crippen molar-refractivity contribution in [2.75, 3.05) is 13.2 Å². The monoisotopic (exact) mass is 268 g/mol. The molecule has 2 atom stereocenters. The minimum Gasteiger partial charge on any atom is -0.465 e. The number of rotatable bonds is 7. The van der Waals surface area contributed by atoms with Crippen LogP contribution in [0.25, 0.3) is 0 Å². The first kappa shape index (κ1) is 15.4. The summed E-state index contributed by atoms with van der Waals surface area (Å²) in [6.45, 7) is 1.69. The first-order valence-electron chi connectivity index (χ1n) is 6.23. The van der Waals surface area contributed by atoms with Gasteiger partial charge in [-0.05, 0) is 37.5 Å². The molecule has 1 unspecified atom stereocenters. The molecule has 3 N–H and O–H groups in total. The molecule has 0 fully saturated rings. The van der Waals surface area contributed by atoms with Gasteiger partial charge >= 0.3 is 6.09 Å². The van der Waals surface area contributed by atoms with Gasteiger partial charge < -0.3 is 20.2 Å². The number of hydrogen-bond donors (Lipinski definition) is 3. The molecule has 1 amide bonds. The molecule has 0 saturated carbocycles. The summed E-state index contributed by atoms with van der Waals surface area (Å²) in [6, 6.07) is 3.05. The van der Waals surface area contributed by atoms with Crippen molar-refractivity contribution in [3.05, 3.63) is 30.1 Å². The van der Waals surface area contributed by atoms with E-state index in [-0.39, 0.29) is 13.2 Å². The molecule has 6 heteroatoms. The maximum atomic E-state index is 11.3. The molecule has 1 aromatic heterocycles. The average Bonchev–Trinajstić information content (AvgIpc) is 2.38. The fraction of sp³-hybridized carbons (Fsp3) is 0.538. The molecular weight excluding hydrogens is 248 g/mol. The third kappa shape index (κ3) is 4.84. The minimum atomic E-state index is -1.09. The lowest BCUT2D eigenvalue weighted by molar-refractivity contribution is 0.0543. The molecule has 0 aliphatic rings. The van der Waals surface area contributed by atoms with E-state index in [4.69, 9.17) is 5.11 Å². The van der Waals surface area contributed by atoms with Gasteiger partial charge in [-0.25, -0.2) is 4.79 Å². The summed E-state index contributed by atoms with van der Waals surface area (Å²) in [4.78, 5) is 16.3. The largest absolute Gasteiger partial charge is 0.465 e. The first-order valence-corrected chi connectivity index (χ1v) is 6.23. The van der Waals surface area contributed by atoms with Crippen molar-refractivity contribution in [3.8, 4) is 0 Å². The highest BCUT2D eigenvalue weighted by Gasteiger charge is 2.27. The highest BCUT2D eigenvalue weighted by atomic mass is 16.4. The molecule has 19 heavy (non-hydrogen) atoms. The van der Waals surface area contributed by atoms with Crippen LogP contribution in [-0.4, -0.2) is 56.6 Å². The van der Waals surface area contributed by atoms with Gasteiger partial charge in [-0.3, -0.25) is 4.98 Å². The van der Waals surface area contributed by atoms with Crippen molar-refractivity contribution in [1.29, 1.82) is 0 Å². The Balaban J connectivity index is 2.81. The Morgan fingerprint density at radius 1 is 1.42 bits per heavy atom. The summed E-state index contributed by atoms with van der Waals surface area (Å²) < 4.78 is 0. The van der Waals surface area contributed by atoms with Crippen LogP contribution in [0.3, 0.4) is 0 Å². The van der Waals surface area contributed by atoms with Crippen molar-refractivity contribution in [1.82, 2.24) is 9.88 Å². The van der Waals surface area contributed by atoms with Crippen molar-refractivity contribution in [2.45, 2.75) is 31.9 Å². The lowest BCUT2D eigenvalue weighted by Gasteiger charge is -2.31. The van der Waals surface area contributed by atoms with Crippen LogP contribution in [-0.2, 0) is 6.42 Å². The molecule has 0 aliphatic heterocycles. The van der Waals surface area contributed by atoms with Crippen LogP contribution < -0.4 is 0 Å². The van der Waals surface area contributed by atoms with E-state index in [0.717, 1.165) is 5.56 Å². The van der Waals surface area contributed by atoms with Crippen LogP contribution in [0.1, 0.15) is 18.9 Å². The molecule has 0 spiro atoms. The van der Waals surface area contributed by atoms with Crippen LogP contribution in [0, 0.1) is 0 Å². The normalized spacial score (nSPS) is 13.8. The molecule has 106 valence electrons. The Bertz CT molecular complexity index is 383. The predicted octanol–water partition coefficient (Wildman–Crippen LogP) is 0.736. The Morgan fingerprint density at radius 3 is 2.53 bits per heavy atom. The van der Waals surface area contributed by atoms with Crippen LogP contribution in [0.4, 0.5) is 4.79 Å². The van der Waals surface area contributed by atoms with Gasteiger partial charge in [0.1, 0.15) is 0 Å². The summed E-state index contributed by atoms with van der Waals surface area (Å²) in [5, 5.41) is 27.8. The van der Waals surface area contributed by atoms with E-state index >= 15 is 0 Å². The van der Waals surface area contributed by atoms with Gasteiger partial charge in [-0.2, -0.15) is 0 Å². The number of pyridine rings is 1. The minimum absolute atomic E-state index is 0.0778. The number of hydrogen-bond acceptors (Lipinski definition) is 4. The molecule has 6 nitrogen and oxygen atoms in total. The summed E-state index contributed by atoms with van der Waals surface area (Å²) in [7, 11) is 0. The number of aliphatic hydroxyl groups is 2. The molecule has 0 radical (unpaired) electrons. The summed E-state index contributed by atoms with van der Waals surface area (Å²) >= 11 is 0. The van der Waals surface area contributed by atoms with Crippen molar-refractivity contribution in [3.63, 3.8) is 0 Å². The fourth-order valence-corrected chi connectivity index (χ4v) is 1.95. The highest BCUT2D eigenvalue weighted by Crippen LogP contribution is 2.13. The first-order chi connectivity index (χ1) is 9.06. The molecule has 0 bridgehead atoms. The molecule has 0 saturated heterocycles. The average molecular weight is 268 g/mol. The quantitative estimate of drug-likeness (QED) is 0.678. The summed E-state index contributed by atoms with van der Waals surface area (Å²) in [6.07, 6.45) is 2.15. The van der Waals surface area contributed by atoms with E-state index in [0.29, 0.717) is 12.8 Å². The van der Waals surface area contributed by atoms with E-state index in [2.05, 4.69) is 4.98 Å². The number of nitrogens with zero attached hydrogens (tertiary/aromatic N) is 2. The maximum Gasteiger partial charge on any atom is 0.407 e. The van der Waals surface area contributed by atoms with Crippen molar-refractivity contribution < 1.29 is 20.1 Å². The van der Waals surface area contributed by atoms with Gasteiger partial charge in [-0.1, -0.05) is 0 Å². The second-order valence-corrected chi connectivity index (χ2v) is 4.42. The van der Waals surface area contributed by atoms with Gasteiger partial charge in [0.15, 0.2) is 0 Å².